The van der Waals surface area contributed by atoms with E-state index in [-0.39, 0.29) is 57.9 Å². The summed E-state index contributed by atoms with van der Waals surface area (Å²) in [5, 5.41) is 2.73. The molecule has 0 bridgehead atoms. The number of hydrogen-bond acceptors (Lipinski definition) is 10. The molecule has 2 aromatic rings. The van der Waals surface area contributed by atoms with Gasteiger partial charge in [-0.1, -0.05) is 43.7 Å². The lowest BCUT2D eigenvalue weighted by molar-refractivity contribution is -0.134. The highest BCUT2D eigenvalue weighted by Gasteiger charge is 2.37. The number of methoxy groups -OCH3 is 1. The highest BCUT2D eigenvalue weighted by molar-refractivity contribution is 7.54. The Bertz CT molecular complexity index is 1280. The van der Waals surface area contributed by atoms with Crippen LogP contribution in [0.2, 0.25) is 0 Å². The molecule has 0 unspecified atom stereocenters. The molecule has 1 aromatic heterocycles. The average Bonchev–Trinajstić information content (AvgIpc) is 3.05. The minimum Gasteiger partial charge on any atom is -0.491 e. The van der Waals surface area contributed by atoms with Crippen LogP contribution in [0.5, 0.6) is 5.75 Å². The number of nitrogens with one attached hydrogen (secondary N) is 1. The van der Waals surface area contributed by atoms with Gasteiger partial charge in [-0.15, -0.1) is 0 Å². The molecular weight excluding hydrogens is 603 g/mol. The molecule has 13 nitrogen and oxygen atoms in total. The van der Waals surface area contributed by atoms with Gasteiger partial charge in [-0.05, 0) is 20.3 Å². The smallest absolute Gasteiger partial charge is 0.409 e. The first-order chi connectivity index (χ1) is 21.7. The summed E-state index contributed by atoms with van der Waals surface area (Å²) in [6.45, 7) is 7.40. The molecule has 1 aromatic carbocycles. The van der Waals surface area contributed by atoms with Crippen LogP contribution in [0.4, 0.5) is 4.79 Å². The highest BCUT2D eigenvalue weighted by Crippen LogP contribution is 2.48. The van der Waals surface area contributed by atoms with Gasteiger partial charge in [-0.25, -0.2) is 9.78 Å². The first-order valence-electron chi connectivity index (χ1n) is 15.3. The fraction of sp³-hybridized carbons (Fsp3) is 0.548. The third-order valence-electron chi connectivity index (χ3n) is 6.89. The normalized spacial score (nSPS) is 14.1. The predicted octanol–water partition coefficient (Wildman–Crippen LogP) is 4.22. The lowest BCUT2D eigenvalue weighted by atomic mass is 10.1. The quantitative estimate of drug-likeness (QED) is 0.195. The molecule has 248 valence electrons. The molecule has 1 aliphatic rings. The van der Waals surface area contributed by atoms with Crippen LogP contribution in [0.25, 0.3) is 11.3 Å². The Kier molecular flexibility index (Phi) is 14.8. The van der Waals surface area contributed by atoms with Crippen molar-refractivity contribution in [2.75, 3.05) is 72.5 Å². The van der Waals surface area contributed by atoms with Gasteiger partial charge in [-0.3, -0.25) is 14.2 Å². The van der Waals surface area contributed by atoms with Crippen LogP contribution in [0.15, 0.2) is 42.5 Å². The summed E-state index contributed by atoms with van der Waals surface area (Å²) in [4.78, 5) is 47.6. The van der Waals surface area contributed by atoms with Crippen LogP contribution in [0.3, 0.4) is 0 Å². The number of carbonyl (C=O) groups excluding carboxylic acids is 3. The van der Waals surface area contributed by atoms with E-state index >= 15 is 0 Å². The van der Waals surface area contributed by atoms with E-state index in [2.05, 4.69) is 10.3 Å². The van der Waals surface area contributed by atoms with Crippen LogP contribution in [-0.2, 0) is 27.9 Å². The number of hydrogen-bond donors (Lipinski definition) is 1. The minimum atomic E-state index is -3.76. The Balaban J connectivity index is 1.85. The van der Waals surface area contributed by atoms with Crippen molar-refractivity contribution in [3.8, 4) is 17.0 Å². The van der Waals surface area contributed by atoms with E-state index in [0.29, 0.717) is 24.7 Å². The van der Waals surface area contributed by atoms with Crippen molar-refractivity contribution in [3.63, 3.8) is 0 Å². The third-order valence-corrected chi connectivity index (χ3v) is 9.01. The summed E-state index contributed by atoms with van der Waals surface area (Å²) in [5.41, 5.74) is 1.26. The van der Waals surface area contributed by atoms with E-state index in [1.54, 1.807) is 31.9 Å². The number of aromatic nitrogens is 1. The first-order valence-corrected chi connectivity index (χ1v) is 17.0. The maximum atomic E-state index is 13.9. The lowest BCUT2D eigenvalue weighted by Crippen LogP contribution is -2.57. The third kappa shape index (κ3) is 11.1. The Labute approximate surface area is 265 Å². The standard InChI is InChI=1S/C31H45N4O9P/c1-5-8-18-42-31(38)35-16-14-34(15-17-35)30(37)28(23-45(39,43-6-2)44-7-3)33-29(36)27-22-25(41-20-19-40-4)21-26(32-27)24-12-10-9-11-13-24/h9-13,21-22,28H,5-8,14-20,23H2,1-4H3,(H,33,36)/t28-/m0/s1. The van der Waals surface area contributed by atoms with Crippen molar-refractivity contribution in [3.05, 3.63) is 48.2 Å². The van der Waals surface area contributed by atoms with Gasteiger partial charge < -0.3 is 38.4 Å². The fourth-order valence-corrected chi connectivity index (χ4v) is 6.37. The van der Waals surface area contributed by atoms with Crippen molar-refractivity contribution in [1.82, 2.24) is 20.1 Å². The number of amides is 3. The van der Waals surface area contributed by atoms with Gasteiger partial charge in [0.2, 0.25) is 5.91 Å². The molecule has 0 saturated carbocycles. The number of unbranched alkanes of at least 4 members (excludes halogenated alkanes) is 1. The molecule has 1 fully saturated rings. The van der Waals surface area contributed by atoms with Crippen molar-refractivity contribution in [1.29, 1.82) is 0 Å². The Morgan fingerprint density at radius 1 is 0.933 bits per heavy atom. The van der Waals surface area contributed by atoms with Crippen LogP contribution in [-0.4, -0.2) is 111 Å². The van der Waals surface area contributed by atoms with Crippen LogP contribution < -0.4 is 10.1 Å². The zero-order valence-corrected chi connectivity index (χ0v) is 27.5. The lowest BCUT2D eigenvalue weighted by Gasteiger charge is -2.36. The number of pyridine rings is 1. The topological polar surface area (TPSA) is 146 Å². The van der Waals surface area contributed by atoms with Crippen molar-refractivity contribution in [2.45, 2.75) is 39.7 Å². The van der Waals surface area contributed by atoms with Gasteiger partial charge in [0.25, 0.3) is 5.91 Å². The molecule has 1 saturated heterocycles. The molecule has 2 heterocycles. The second-order valence-electron chi connectivity index (χ2n) is 10.2. The molecule has 1 N–H and O–H groups in total. The Hall–Kier alpha value is -3.51. The first kappa shape index (κ1) is 36.0. The summed E-state index contributed by atoms with van der Waals surface area (Å²) < 4.78 is 40.7. The molecule has 0 spiro atoms. The second-order valence-corrected chi connectivity index (χ2v) is 12.3. The minimum absolute atomic E-state index is 0.00358. The molecule has 1 aliphatic heterocycles. The van der Waals surface area contributed by atoms with Gasteiger partial charge in [-0.2, -0.15) is 0 Å². The SMILES string of the molecule is CCCCOC(=O)N1CCN(C(=O)[C@H](CP(=O)(OCC)OCC)NC(=O)c2cc(OCCOC)cc(-c3ccccc3)n2)CC1. The largest absolute Gasteiger partial charge is 0.491 e. The molecule has 1 atom stereocenters. The van der Waals surface area contributed by atoms with Crippen molar-refractivity contribution >= 4 is 25.5 Å². The fourth-order valence-electron chi connectivity index (χ4n) is 4.61. The Morgan fingerprint density at radius 3 is 2.22 bits per heavy atom. The molecule has 45 heavy (non-hydrogen) atoms. The maximum Gasteiger partial charge on any atom is 0.409 e. The van der Waals surface area contributed by atoms with Crippen molar-refractivity contribution in [2.24, 2.45) is 0 Å². The number of nitrogens with zero attached hydrogens (tertiary/aromatic N) is 3. The maximum absolute atomic E-state index is 13.9. The highest BCUT2D eigenvalue weighted by atomic mass is 31.2. The number of piperazine rings is 1. The molecule has 0 radical (unpaired) electrons. The Morgan fingerprint density at radius 2 is 1.60 bits per heavy atom. The summed E-state index contributed by atoms with van der Waals surface area (Å²) in [5.74, 6) is -0.747. The zero-order chi connectivity index (χ0) is 32.7. The van der Waals surface area contributed by atoms with Gasteiger partial charge in [0.15, 0.2) is 0 Å². The van der Waals surface area contributed by atoms with E-state index in [0.717, 1.165) is 18.4 Å². The number of carbonyl (C=O) groups is 3. The average molecular weight is 649 g/mol. The van der Waals surface area contributed by atoms with Gasteiger partial charge >= 0.3 is 13.7 Å². The number of benzene rings is 1. The van der Waals surface area contributed by atoms with E-state index in [1.807, 2.05) is 37.3 Å². The summed E-state index contributed by atoms with van der Waals surface area (Å²) in [6.07, 6.45) is 0.874. The van der Waals surface area contributed by atoms with E-state index < -0.39 is 31.5 Å². The summed E-state index contributed by atoms with van der Waals surface area (Å²) in [6, 6.07) is 11.2. The molecular formula is C31H45N4O9P. The monoisotopic (exact) mass is 648 g/mol. The van der Waals surface area contributed by atoms with Crippen LogP contribution in [0.1, 0.15) is 44.1 Å². The number of rotatable bonds is 17. The van der Waals surface area contributed by atoms with Crippen LogP contribution >= 0.6 is 7.60 Å². The number of ether oxygens (including phenoxy) is 3. The van der Waals surface area contributed by atoms with E-state index in [4.69, 9.17) is 23.3 Å². The van der Waals surface area contributed by atoms with E-state index in [9.17, 15) is 18.9 Å². The summed E-state index contributed by atoms with van der Waals surface area (Å²) in [7, 11) is -2.20. The molecule has 0 aliphatic carbocycles. The van der Waals surface area contributed by atoms with Gasteiger partial charge in [0, 0.05) is 51.0 Å². The van der Waals surface area contributed by atoms with Gasteiger partial charge in [0.1, 0.15) is 24.1 Å². The molecule has 3 amide bonds. The zero-order valence-electron chi connectivity index (χ0n) is 26.6. The molecule has 3 rings (SSSR count). The predicted molar refractivity (Wildman–Crippen MR) is 168 cm³/mol. The molecule has 14 heteroatoms. The van der Waals surface area contributed by atoms with Crippen molar-refractivity contribution < 1.29 is 42.2 Å². The van der Waals surface area contributed by atoms with Crippen LogP contribution in [0, 0.1) is 0 Å². The second kappa shape index (κ2) is 18.5. The summed E-state index contributed by atoms with van der Waals surface area (Å²) >= 11 is 0. The van der Waals surface area contributed by atoms with E-state index in [1.165, 1.54) is 11.0 Å². The van der Waals surface area contributed by atoms with Gasteiger partial charge in [0.05, 0.1) is 38.3 Å².